The molecule has 0 bridgehead atoms. The van der Waals surface area contributed by atoms with Crippen LogP contribution in [0.15, 0.2) is 0 Å². The van der Waals surface area contributed by atoms with Gasteiger partial charge >= 0.3 is 0 Å². The molecule has 4 nitrogen and oxygen atoms in total. The van der Waals surface area contributed by atoms with Crippen LogP contribution in [0.5, 0.6) is 0 Å². The molecule has 5 fully saturated rings. The van der Waals surface area contributed by atoms with Crippen LogP contribution in [0.4, 0.5) is 0 Å². The van der Waals surface area contributed by atoms with E-state index in [1.54, 1.807) is 0 Å². The van der Waals surface area contributed by atoms with Crippen molar-refractivity contribution in [2.75, 3.05) is 45.8 Å². The highest BCUT2D eigenvalue weighted by molar-refractivity contribution is 8.00. The minimum Gasteiger partial charge on any atom is -0.312 e. The van der Waals surface area contributed by atoms with Gasteiger partial charge in [0.2, 0.25) is 0 Å². The minimum atomic E-state index is 0.744. The van der Waals surface area contributed by atoms with E-state index < -0.39 is 0 Å². The van der Waals surface area contributed by atoms with Gasteiger partial charge in [0, 0.05) is 43.5 Å². The van der Waals surface area contributed by atoms with Gasteiger partial charge in [0.15, 0.2) is 0 Å². The number of thioether (sulfide) groups is 1. The molecule has 2 N–H and O–H groups in total. The Labute approximate surface area is 202 Å². The highest BCUT2D eigenvalue weighted by Gasteiger charge is 2.42. The molecule has 0 amide bonds. The van der Waals surface area contributed by atoms with Crippen molar-refractivity contribution < 1.29 is 0 Å². The second-order valence-electron chi connectivity index (χ2n) is 12.1. The van der Waals surface area contributed by atoms with Crippen LogP contribution in [0.1, 0.15) is 78.1 Å². The average molecular weight is 463 g/mol. The van der Waals surface area contributed by atoms with E-state index in [-0.39, 0.29) is 0 Å². The smallest absolute Gasteiger partial charge is 0.0564 e. The minimum absolute atomic E-state index is 0.744. The molecule has 3 aliphatic heterocycles. The van der Waals surface area contributed by atoms with E-state index in [2.05, 4.69) is 46.0 Å². The van der Waals surface area contributed by atoms with Crippen molar-refractivity contribution >= 4 is 11.8 Å². The van der Waals surface area contributed by atoms with E-state index in [1.807, 2.05) is 0 Å². The van der Waals surface area contributed by atoms with Crippen molar-refractivity contribution in [1.29, 1.82) is 0 Å². The van der Waals surface area contributed by atoms with Gasteiger partial charge in [0.1, 0.15) is 0 Å². The average Bonchev–Trinajstić information content (AvgIpc) is 3.17. The molecule has 0 aromatic heterocycles. The molecule has 6 unspecified atom stereocenters. The lowest BCUT2D eigenvalue weighted by Gasteiger charge is -2.50. The summed E-state index contributed by atoms with van der Waals surface area (Å²) >= 11 is 2.29. The third kappa shape index (κ3) is 5.70. The summed E-state index contributed by atoms with van der Waals surface area (Å²) in [5.41, 5.74) is 0. The SMILES string of the molecule is CC(C)C1CC2CCCNC2C(N2CCCN(CC3CNC(C4CCCCC4)S3)CC2)C1. The van der Waals surface area contributed by atoms with Crippen LogP contribution >= 0.6 is 11.8 Å². The summed E-state index contributed by atoms with van der Waals surface area (Å²) in [6.07, 6.45) is 14.4. The van der Waals surface area contributed by atoms with Crippen LogP contribution in [0.2, 0.25) is 0 Å². The maximum atomic E-state index is 3.99. The van der Waals surface area contributed by atoms with Crippen LogP contribution in [0.3, 0.4) is 0 Å². The second-order valence-corrected chi connectivity index (χ2v) is 13.5. The van der Waals surface area contributed by atoms with Gasteiger partial charge in [0.05, 0.1) is 5.37 Å². The van der Waals surface area contributed by atoms with Crippen molar-refractivity contribution in [2.24, 2.45) is 23.7 Å². The highest BCUT2D eigenvalue weighted by atomic mass is 32.2. The number of fused-ring (bicyclic) bond motifs is 1. The first-order chi connectivity index (χ1) is 15.7. The Morgan fingerprint density at radius 2 is 1.69 bits per heavy atom. The molecule has 2 saturated carbocycles. The zero-order valence-electron chi connectivity index (χ0n) is 20.9. The van der Waals surface area contributed by atoms with E-state index in [4.69, 9.17) is 0 Å². The Bertz CT molecular complexity index is 580. The van der Waals surface area contributed by atoms with Crippen LogP contribution in [0.25, 0.3) is 0 Å². The number of rotatable bonds is 5. The lowest BCUT2D eigenvalue weighted by Crippen LogP contribution is -2.60. The summed E-state index contributed by atoms with van der Waals surface area (Å²) in [4.78, 5) is 5.74. The zero-order valence-corrected chi connectivity index (χ0v) is 21.8. The quantitative estimate of drug-likeness (QED) is 0.632. The van der Waals surface area contributed by atoms with Crippen molar-refractivity contribution in [3.05, 3.63) is 0 Å². The van der Waals surface area contributed by atoms with Crippen molar-refractivity contribution in [1.82, 2.24) is 20.4 Å². The molecular formula is C27H50N4S. The third-order valence-electron chi connectivity index (χ3n) is 9.66. The summed E-state index contributed by atoms with van der Waals surface area (Å²) in [6.45, 7) is 13.9. The molecule has 3 heterocycles. The van der Waals surface area contributed by atoms with Crippen molar-refractivity contribution in [2.45, 2.75) is 101 Å². The molecule has 32 heavy (non-hydrogen) atoms. The summed E-state index contributed by atoms with van der Waals surface area (Å²) in [5.74, 6) is 3.63. The van der Waals surface area contributed by atoms with Gasteiger partial charge < -0.3 is 15.5 Å². The van der Waals surface area contributed by atoms with Crippen molar-refractivity contribution in [3.8, 4) is 0 Å². The fourth-order valence-electron chi connectivity index (χ4n) is 7.72. The van der Waals surface area contributed by atoms with Gasteiger partial charge in [-0.25, -0.2) is 0 Å². The Kier molecular flexibility index (Phi) is 8.43. The lowest BCUT2D eigenvalue weighted by atomic mass is 9.68. The molecule has 5 rings (SSSR count). The Balaban J connectivity index is 1.13. The first kappa shape index (κ1) is 23.9. The predicted octanol–water partition coefficient (Wildman–Crippen LogP) is 4.41. The molecule has 2 aliphatic carbocycles. The molecule has 0 spiro atoms. The highest BCUT2D eigenvalue weighted by Crippen LogP contribution is 2.40. The van der Waals surface area contributed by atoms with E-state index in [0.717, 1.165) is 46.4 Å². The van der Waals surface area contributed by atoms with Crippen molar-refractivity contribution in [3.63, 3.8) is 0 Å². The second kappa shape index (κ2) is 11.3. The Morgan fingerprint density at radius 1 is 0.844 bits per heavy atom. The number of piperidine rings is 1. The normalized spacial score (nSPS) is 41.0. The third-order valence-corrected chi connectivity index (χ3v) is 11.2. The first-order valence-corrected chi connectivity index (χ1v) is 15.2. The summed E-state index contributed by atoms with van der Waals surface area (Å²) in [5, 5.41) is 9.44. The van der Waals surface area contributed by atoms with E-state index >= 15 is 0 Å². The maximum absolute atomic E-state index is 3.99. The topological polar surface area (TPSA) is 30.5 Å². The van der Waals surface area contributed by atoms with E-state index in [9.17, 15) is 0 Å². The summed E-state index contributed by atoms with van der Waals surface area (Å²) in [6, 6.07) is 1.54. The number of hydrogen-bond donors (Lipinski definition) is 2. The zero-order chi connectivity index (χ0) is 21.9. The summed E-state index contributed by atoms with van der Waals surface area (Å²) < 4.78 is 0. The number of hydrogen-bond acceptors (Lipinski definition) is 5. The van der Waals surface area contributed by atoms with Gasteiger partial charge in [-0.1, -0.05) is 33.1 Å². The Morgan fingerprint density at radius 3 is 2.53 bits per heavy atom. The molecule has 3 saturated heterocycles. The standard InChI is InChI=1S/C27H50N4S/c1-20(2)23-16-22-10-6-11-28-26(22)25(17-23)31-13-7-12-30(14-15-31)19-24-18-29-27(32-24)21-8-4-3-5-9-21/h20-29H,3-19H2,1-2H3. The van der Waals surface area contributed by atoms with Gasteiger partial charge in [-0.2, -0.15) is 0 Å². The van der Waals surface area contributed by atoms with Gasteiger partial charge in [-0.15, -0.1) is 11.8 Å². The molecule has 5 heteroatoms. The van der Waals surface area contributed by atoms with Gasteiger partial charge in [0.25, 0.3) is 0 Å². The molecule has 0 aromatic rings. The predicted molar refractivity (Wildman–Crippen MR) is 138 cm³/mol. The first-order valence-electron chi connectivity index (χ1n) is 14.3. The molecule has 0 aromatic carbocycles. The maximum Gasteiger partial charge on any atom is 0.0564 e. The van der Waals surface area contributed by atoms with E-state index in [0.29, 0.717) is 0 Å². The van der Waals surface area contributed by atoms with Crippen LogP contribution < -0.4 is 10.6 Å². The van der Waals surface area contributed by atoms with Crippen LogP contribution in [-0.2, 0) is 0 Å². The van der Waals surface area contributed by atoms with Crippen LogP contribution in [0, 0.1) is 23.7 Å². The molecular weight excluding hydrogens is 412 g/mol. The lowest BCUT2D eigenvalue weighted by molar-refractivity contribution is 0.0343. The number of nitrogens with one attached hydrogen (secondary N) is 2. The Hall–Kier alpha value is 0.190. The van der Waals surface area contributed by atoms with Gasteiger partial charge in [-0.3, -0.25) is 4.90 Å². The number of nitrogens with zero attached hydrogens (tertiary/aromatic N) is 2. The summed E-state index contributed by atoms with van der Waals surface area (Å²) in [7, 11) is 0. The van der Waals surface area contributed by atoms with Gasteiger partial charge in [-0.05, 0) is 88.3 Å². The largest absolute Gasteiger partial charge is 0.312 e. The molecule has 5 aliphatic rings. The van der Waals surface area contributed by atoms with Crippen LogP contribution in [-0.4, -0.2) is 78.3 Å². The molecule has 6 atom stereocenters. The fraction of sp³-hybridized carbons (Fsp3) is 1.00. The monoisotopic (exact) mass is 462 g/mol. The molecule has 0 radical (unpaired) electrons. The fourth-order valence-corrected chi connectivity index (χ4v) is 9.31. The molecule has 184 valence electrons. The van der Waals surface area contributed by atoms with E-state index in [1.165, 1.54) is 110 Å².